The van der Waals surface area contributed by atoms with E-state index in [1.165, 1.54) is 6.26 Å². The van der Waals surface area contributed by atoms with Crippen molar-refractivity contribution in [2.75, 3.05) is 0 Å². The number of aromatic nitrogens is 2. The van der Waals surface area contributed by atoms with Crippen LogP contribution in [0, 0.1) is 6.92 Å². The summed E-state index contributed by atoms with van der Waals surface area (Å²) in [6.07, 6.45) is 1.50. The SMILES string of the molecule is Cc1oc(-c2ccccc2)nc1COC(=O)Cc1coc(-c2ccccc2)n1. The highest BCUT2D eigenvalue weighted by Crippen LogP contribution is 2.22. The zero-order chi connectivity index (χ0) is 19.3. The molecule has 0 amide bonds. The quantitative estimate of drug-likeness (QED) is 0.459. The van der Waals surface area contributed by atoms with Crippen LogP contribution in [0.2, 0.25) is 0 Å². The minimum atomic E-state index is -0.406. The van der Waals surface area contributed by atoms with E-state index < -0.39 is 5.97 Å². The molecule has 0 atom stereocenters. The molecule has 4 rings (SSSR count). The average Bonchev–Trinajstić information content (AvgIpc) is 3.34. The highest BCUT2D eigenvalue weighted by molar-refractivity contribution is 5.72. The molecule has 0 spiro atoms. The van der Waals surface area contributed by atoms with Gasteiger partial charge < -0.3 is 13.6 Å². The molecule has 140 valence electrons. The predicted molar refractivity (Wildman–Crippen MR) is 102 cm³/mol. The lowest BCUT2D eigenvalue weighted by Gasteiger charge is -2.01. The van der Waals surface area contributed by atoms with Crippen LogP contribution in [0.1, 0.15) is 17.1 Å². The summed E-state index contributed by atoms with van der Waals surface area (Å²) in [7, 11) is 0. The first-order chi connectivity index (χ1) is 13.7. The summed E-state index contributed by atoms with van der Waals surface area (Å²) in [6.45, 7) is 1.84. The molecule has 0 unspecified atom stereocenters. The fourth-order valence-corrected chi connectivity index (χ4v) is 2.72. The van der Waals surface area contributed by atoms with Crippen molar-refractivity contribution in [2.45, 2.75) is 20.0 Å². The van der Waals surface area contributed by atoms with Gasteiger partial charge in [0.2, 0.25) is 11.8 Å². The van der Waals surface area contributed by atoms with Gasteiger partial charge in [-0.25, -0.2) is 9.97 Å². The van der Waals surface area contributed by atoms with Crippen LogP contribution in [-0.2, 0) is 22.6 Å². The highest BCUT2D eigenvalue weighted by atomic mass is 16.5. The number of oxazole rings is 2. The maximum absolute atomic E-state index is 12.2. The summed E-state index contributed by atoms with van der Waals surface area (Å²) in [5, 5.41) is 0. The molecule has 0 bridgehead atoms. The Hall–Kier alpha value is -3.67. The smallest absolute Gasteiger partial charge is 0.312 e. The number of esters is 1. The van der Waals surface area contributed by atoms with Crippen molar-refractivity contribution in [2.24, 2.45) is 0 Å². The van der Waals surface area contributed by atoms with Gasteiger partial charge in [0.05, 0.1) is 12.1 Å². The minimum Gasteiger partial charge on any atom is -0.459 e. The molecule has 0 saturated carbocycles. The number of hydrogen-bond donors (Lipinski definition) is 0. The number of nitrogens with zero attached hydrogens (tertiary/aromatic N) is 2. The molecule has 0 aliphatic heterocycles. The van der Waals surface area contributed by atoms with Crippen molar-refractivity contribution in [1.82, 2.24) is 9.97 Å². The Kier molecular flexibility index (Phi) is 5.01. The average molecular weight is 374 g/mol. The molecule has 6 nitrogen and oxygen atoms in total. The largest absolute Gasteiger partial charge is 0.459 e. The Bertz CT molecular complexity index is 1070. The second-order valence-corrected chi connectivity index (χ2v) is 6.24. The summed E-state index contributed by atoms with van der Waals surface area (Å²) in [5.41, 5.74) is 2.84. The van der Waals surface area contributed by atoms with Crippen LogP contribution in [0.15, 0.2) is 75.8 Å². The Morgan fingerprint density at radius 1 is 0.929 bits per heavy atom. The fourth-order valence-electron chi connectivity index (χ4n) is 2.72. The zero-order valence-corrected chi connectivity index (χ0v) is 15.3. The standard InChI is InChI=1S/C22H18N2O4/c1-15-19(24-22(28-15)17-10-6-3-7-11-17)14-26-20(25)12-18-13-27-21(23-18)16-8-4-2-5-9-16/h2-11,13H,12,14H2,1H3. The molecule has 28 heavy (non-hydrogen) atoms. The second kappa shape index (κ2) is 7.92. The lowest BCUT2D eigenvalue weighted by atomic mass is 10.2. The molecule has 6 heteroatoms. The van der Waals surface area contributed by atoms with Crippen LogP contribution in [0.5, 0.6) is 0 Å². The van der Waals surface area contributed by atoms with E-state index >= 15 is 0 Å². The molecule has 2 aromatic carbocycles. The van der Waals surface area contributed by atoms with Crippen LogP contribution in [0.4, 0.5) is 0 Å². The van der Waals surface area contributed by atoms with Crippen LogP contribution in [0.3, 0.4) is 0 Å². The van der Waals surface area contributed by atoms with E-state index in [4.69, 9.17) is 13.6 Å². The summed E-state index contributed by atoms with van der Waals surface area (Å²) in [6, 6.07) is 19.1. The van der Waals surface area contributed by atoms with Crippen LogP contribution in [-0.4, -0.2) is 15.9 Å². The van der Waals surface area contributed by atoms with Gasteiger partial charge >= 0.3 is 5.97 Å². The molecule has 0 aliphatic rings. The summed E-state index contributed by atoms with van der Waals surface area (Å²) >= 11 is 0. The third-order valence-electron chi connectivity index (χ3n) is 4.18. The topological polar surface area (TPSA) is 78.4 Å². The van der Waals surface area contributed by atoms with Gasteiger partial charge in [0, 0.05) is 11.1 Å². The van der Waals surface area contributed by atoms with E-state index in [1.54, 1.807) is 6.92 Å². The third kappa shape index (κ3) is 4.01. The number of benzene rings is 2. The van der Waals surface area contributed by atoms with Gasteiger partial charge in [0.1, 0.15) is 24.3 Å². The molecular weight excluding hydrogens is 356 g/mol. The van der Waals surface area contributed by atoms with Gasteiger partial charge in [0.25, 0.3) is 0 Å². The zero-order valence-electron chi connectivity index (χ0n) is 15.3. The van der Waals surface area contributed by atoms with Gasteiger partial charge in [-0.2, -0.15) is 0 Å². The number of rotatable bonds is 6. The van der Waals surface area contributed by atoms with E-state index in [2.05, 4.69) is 9.97 Å². The Morgan fingerprint density at radius 3 is 2.25 bits per heavy atom. The molecule has 2 aromatic heterocycles. The number of ether oxygens (including phenoxy) is 1. The first-order valence-corrected chi connectivity index (χ1v) is 8.86. The normalized spacial score (nSPS) is 10.8. The van der Waals surface area contributed by atoms with E-state index in [-0.39, 0.29) is 13.0 Å². The van der Waals surface area contributed by atoms with Crippen molar-refractivity contribution in [3.63, 3.8) is 0 Å². The van der Waals surface area contributed by atoms with Crippen LogP contribution >= 0.6 is 0 Å². The Morgan fingerprint density at radius 2 is 1.57 bits per heavy atom. The minimum absolute atomic E-state index is 0.0266. The number of carbonyl (C=O) groups is 1. The van der Waals surface area contributed by atoms with Gasteiger partial charge in [-0.15, -0.1) is 0 Å². The fraction of sp³-hybridized carbons (Fsp3) is 0.136. The van der Waals surface area contributed by atoms with Crippen LogP contribution in [0.25, 0.3) is 22.9 Å². The van der Waals surface area contributed by atoms with Crippen LogP contribution < -0.4 is 0 Å². The second-order valence-electron chi connectivity index (χ2n) is 6.24. The maximum Gasteiger partial charge on any atom is 0.312 e. The first-order valence-electron chi connectivity index (χ1n) is 8.86. The molecule has 0 saturated heterocycles. The summed E-state index contributed by atoms with van der Waals surface area (Å²) in [5.74, 6) is 1.20. The summed E-state index contributed by atoms with van der Waals surface area (Å²) < 4.78 is 16.4. The van der Waals surface area contributed by atoms with Gasteiger partial charge in [-0.05, 0) is 31.2 Å². The molecule has 0 fully saturated rings. The Balaban J connectivity index is 1.36. The molecular formula is C22H18N2O4. The molecule has 0 radical (unpaired) electrons. The maximum atomic E-state index is 12.2. The van der Waals surface area contributed by atoms with Crippen molar-refractivity contribution in [1.29, 1.82) is 0 Å². The first kappa shape index (κ1) is 17.7. The predicted octanol–water partition coefficient (Wildman–Crippen LogP) is 4.59. The van der Waals surface area contributed by atoms with E-state index in [0.717, 1.165) is 11.1 Å². The number of hydrogen-bond acceptors (Lipinski definition) is 6. The lowest BCUT2D eigenvalue weighted by Crippen LogP contribution is -2.09. The molecule has 4 aromatic rings. The molecule has 0 aliphatic carbocycles. The van der Waals surface area contributed by atoms with Crippen molar-refractivity contribution >= 4 is 5.97 Å². The van der Waals surface area contributed by atoms with Gasteiger partial charge in [0.15, 0.2) is 0 Å². The highest BCUT2D eigenvalue weighted by Gasteiger charge is 2.15. The molecule has 0 N–H and O–H groups in total. The number of carbonyl (C=O) groups excluding carboxylic acids is 1. The van der Waals surface area contributed by atoms with E-state index in [0.29, 0.717) is 28.9 Å². The van der Waals surface area contributed by atoms with Crippen molar-refractivity contribution in [3.8, 4) is 22.9 Å². The molecule has 2 heterocycles. The Labute approximate surface area is 161 Å². The van der Waals surface area contributed by atoms with Crippen molar-refractivity contribution in [3.05, 3.63) is 84.1 Å². The van der Waals surface area contributed by atoms with E-state index in [1.807, 2.05) is 60.7 Å². The summed E-state index contributed by atoms with van der Waals surface area (Å²) in [4.78, 5) is 20.9. The van der Waals surface area contributed by atoms with Gasteiger partial charge in [-0.3, -0.25) is 4.79 Å². The number of aryl methyl sites for hydroxylation is 1. The third-order valence-corrected chi connectivity index (χ3v) is 4.18. The van der Waals surface area contributed by atoms with Gasteiger partial charge in [-0.1, -0.05) is 36.4 Å². The van der Waals surface area contributed by atoms with E-state index in [9.17, 15) is 4.79 Å². The monoisotopic (exact) mass is 374 g/mol. The van der Waals surface area contributed by atoms with Crippen molar-refractivity contribution < 1.29 is 18.4 Å². The lowest BCUT2D eigenvalue weighted by molar-refractivity contribution is -0.144.